The standard InChI is InChI=1S/C17H25NO/c1-12(2)19-16-5-3-4-13(10-16)17-9-6-14(17)11-18-15-7-8-15/h3-5,10,12,14-15,17-18H,6-9,11H2,1-2H3. The Morgan fingerprint density at radius 2 is 2.05 bits per heavy atom. The summed E-state index contributed by atoms with van der Waals surface area (Å²) in [6.07, 6.45) is 5.73. The molecule has 2 nitrogen and oxygen atoms in total. The topological polar surface area (TPSA) is 21.3 Å². The predicted molar refractivity (Wildman–Crippen MR) is 78.7 cm³/mol. The lowest BCUT2D eigenvalue weighted by atomic mass is 9.70. The minimum absolute atomic E-state index is 0.254. The summed E-state index contributed by atoms with van der Waals surface area (Å²) in [5.41, 5.74) is 1.46. The predicted octanol–water partition coefficient (Wildman–Crippen LogP) is 3.72. The zero-order valence-electron chi connectivity index (χ0n) is 12.1. The molecule has 1 aromatic rings. The maximum Gasteiger partial charge on any atom is 0.119 e. The highest BCUT2D eigenvalue weighted by atomic mass is 16.5. The summed E-state index contributed by atoms with van der Waals surface area (Å²) in [5.74, 6) is 2.59. The first kappa shape index (κ1) is 13.0. The molecule has 1 aromatic carbocycles. The fraction of sp³-hybridized carbons (Fsp3) is 0.647. The fourth-order valence-electron chi connectivity index (χ4n) is 2.95. The molecule has 2 heteroatoms. The van der Waals surface area contributed by atoms with Crippen molar-refractivity contribution in [2.75, 3.05) is 6.54 Å². The van der Waals surface area contributed by atoms with Crippen molar-refractivity contribution in [3.8, 4) is 5.75 Å². The Bertz CT molecular complexity index is 425. The smallest absolute Gasteiger partial charge is 0.119 e. The number of ether oxygens (including phenoxy) is 1. The Hall–Kier alpha value is -1.02. The van der Waals surface area contributed by atoms with Gasteiger partial charge in [0.25, 0.3) is 0 Å². The lowest BCUT2D eigenvalue weighted by molar-refractivity contribution is 0.234. The molecule has 0 aromatic heterocycles. The molecule has 0 amide bonds. The summed E-state index contributed by atoms with van der Waals surface area (Å²) in [4.78, 5) is 0. The molecule has 2 aliphatic rings. The van der Waals surface area contributed by atoms with Crippen LogP contribution in [-0.2, 0) is 0 Å². The van der Waals surface area contributed by atoms with Gasteiger partial charge in [0.15, 0.2) is 0 Å². The van der Waals surface area contributed by atoms with Gasteiger partial charge in [-0.2, -0.15) is 0 Å². The van der Waals surface area contributed by atoms with Crippen LogP contribution in [0.3, 0.4) is 0 Å². The van der Waals surface area contributed by atoms with Crippen molar-refractivity contribution in [2.24, 2.45) is 5.92 Å². The van der Waals surface area contributed by atoms with Crippen molar-refractivity contribution in [3.63, 3.8) is 0 Å². The molecule has 3 rings (SSSR count). The van der Waals surface area contributed by atoms with Crippen LogP contribution in [0.4, 0.5) is 0 Å². The first-order valence-corrected chi connectivity index (χ1v) is 7.72. The second kappa shape index (κ2) is 5.54. The molecule has 0 spiro atoms. The van der Waals surface area contributed by atoms with E-state index in [1.54, 1.807) is 0 Å². The van der Waals surface area contributed by atoms with E-state index in [2.05, 4.69) is 43.4 Å². The van der Waals surface area contributed by atoms with Crippen LogP contribution in [0.2, 0.25) is 0 Å². The van der Waals surface area contributed by atoms with Crippen LogP contribution in [0.1, 0.15) is 51.0 Å². The number of rotatable bonds is 6. The van der Waals surface area contributed by atoms with Gasteiger partial charge >= 0.3 is 0 Å². The van der Waals surface area contributed by atoms with Gasteiger partial charge in [0.05, 0.1) is 6.10 Å². The molecule has 19 heavy (non-hydrogen) atoms. The van der Waals surface area contributed by atoms with Crippen molar-refractivity contribution >= 4 is 0 Å². The highest BCUT2D eigenvalue weighted by molar-refractivity contribution is 5.32. The van der Waals surface area contributed by atoms with Crippen LogP contribution < -0.4 is 10.1 Å². The molecule has 0 aliphatic heterocycles. The average molecular weight is 259 g/mol. The van der Waals surface area contributed by atoms with Crippen LogP contribution >= 0.6 is 0 Å². The van der Waals surface area contributed by atoms with E-state index in [4.69, 9.17) is 4.74 Å². The average Bonchev–Trinajstić information content (AvgIpc) is 3.11. The minimum atomic E-state index is 0.254. The third-order valence-corrected chi connectivity index (χ3v) is 4.32. The van der Waals surface area contributed by atoms with E-state index in [0.29, 0.717) is 0 Å². The molecule has 2 saturated carbocycles. The van der Waals surface area contributed by atoms with E-state index in [9.17, 15) is 0 Å². The van der Waals surface area contributed by atoms with E-state index in [0.717, 1.165) is 23.6 Å². The van der Waals surface area contributed by atoms with Gasteiger partial charge in [0.1, 0.15) is 5.75 Å². The van der Waals surface area contributed by atoms with Crippen molar-refractivity contribution in [1.82, 2.24) is 5.32 Å². The van der Waals surface area contributed by atoms with Gasteiger partial charge in [0, 0.05) is 6.04 Å². The lowest BCUT2D eigenvalue weighted by Crippen LogP contribution is -2.34. The van der Waals surface area contributed by atoms with Crippen molar-refractivity contribution in [2.45, 2.75) is 57.6 Å². The molecule has 1 N–H and O–H groups in total. The Labute approximate surface area is 116 Å². The highest BCUT2D eigenvalue weighted by Gasteiger charge is 2.33. The molecule has 0 bridgehead atoms. The van der Waals surface area contributed by atoms with Gasteiger partial charge in [-0.05, 0) is 75.6 Å². The van der Waals surface area contributed by atoms with Crippen molar-refractivity contribution in [1.29, 1.82) is 0 Å². The molecule has 0 heterocycles. The normalized spacial score (nSPS) is 26.3. The number of benzene rings is 1. The summed E-state index contributed by atoms with van der Waals surface area (Å²) in [6, 6.07) is 9.54. The summed E-state index contributed by atoms with van der Waals surface area (Å²) in [5, 5.41) is 3.67. The maximum absolute atomic E-state index is 5.80. The quantitative estimate of drug-likeness (QED) is 0.840. The van der Waals surface area contributed by atoms with Crippen LogP contribution in [0.15, 0.2) is 24.3 Å². The van der Waals surface area contributed by atoms with Crippen LogP contribution in [0, 0.1) is 5.92 Å². The first-order valence-electron chi connectivity index (χ1n) is 7.72. The SMILES string of the molecule is CC(C)Oc1cccc(C2CCC2CNC2CC2)c1. The number of hydrogen-bond donors (Lipinski definition) is 1. The maximum atomic E-state index is 5.80. The molecule has 2 aliphatic carbocycles. The Morgan fingerprint density at radius 3 is 2.68 bits per heavy atom. The summed E-state index contributed by atoms with van der Waals surface area (Å²) < 4.78 is 5.80. The molecule has 2 atom stereocenters. The van der Waals surface area contributed by atoms with E-state index in [-0.39, 0.29) is 6.10 Å². The highest BCUT2D eigenvalue weighted by Crippen LogP contribution is 2.43. The van der Waals surface area contributed by atoms with Gasteiger partial charge in [-0.15, -0.1) is 0 Å². The Kier molecular flexibility index (Phi) is 3.79. The molecule has 0 radical (unpaired) electrons. The molecular formula is C17H25NO. The van der Waals surface area contributed by atoms with E-state index in [1.165, 1.54) is 37.8 Å². The molecule has 2 unspecified atom stereocenters. The van der Waals surface area contributed by atoms with Gasteiger partial charge < -0.3 is 10.1 Å². The summed E-state index contributed by atoms with van der Waals surface area (Å²) in [6.45, 7) is 5.36. The third kappa shape index (κ3) is 3.30. The van der Waals surface area contributed by atoms with E-state index in [1.807, 2.05) is 0 Å². The van der Waals surface area contributed by atoms with Crippen LogP contribution in [-0.4, -0.2) is 18.7 Å². The molecule has 0 saturated heterocycles. The third-order valence-electron chi connectivity index (χ3n) is 4.32. The lowest BCUT2D eigenvalue weighted by Gasteiger charge is -2.37. The Balaban J connectivity index is 1.60. The number of nitrogens with one attached hydrogen (secondary N) is 1. The monoisotopic (exact) mass is 259 g/mol. The van der Waals surface area contributed by atoms with Gasteiger partial charge in [-0.3, -0.25) is 0 Å². The largest absolute Gasteiger partial charge is 0.491 e. The van der Waals surface area contributed by atoms with Crippen molar-refractivity contribution < 1.29 is 4.74 Å². The van der Waals surface area contributed by atoms with Gasteiger partial charge in [-0.25, -0.2) is 0 Å². The van der Waals surface area contributed by atoms with E-state index < -0.39 is 0 Å². The second-order valence-corrected chi connectivity index (χ2v) is 6.37. The minimum Gasteiger partial charge on any atom is -0.491 e. The first-order chi connectivity index (χ1) is 9.22. The zero-order chi connectivity index (χ0) is 13.2. The summed E-state index contributed by atoms with van der Waals surface area (Å²) >= 11 is 0. The second-order valence-electron chi connectivity index (χ2n) is 6.37. The molecular weight excluding hydrogens is 234 g/mol. The molecule has 2 fully saturated rings. The Morgan fingerprint density at radius 1 is 1.21 bits per heavy atom. The van der Waals surface area contributed by atoms with Crippen LogP contribution in [0.5, 0.6) is 5.75 Å². The van der Waals surface area contributed by atoms with Gasteiger partial charge in [0.2, 0.25) is 0 Å². The van der Waals surface area contributed by atoms with E-state index >= 15 is 0 Å². The number of hydrogen-bond acceptors (Lipinski definition) is 2. The molecule has 104 valence electrons. The van der Waals surface area contributed by atoms with Gasteiger partial charge in [-0.1, -0.05) is 12.1 Å². The van der Waals surface area contributed by atoms with Crippen molar-refractivity contribution in [3.05, 3.63) is 29.8 Å². The summed E-state index contributed by atoms with van der Waals surface area (Å²) in [7, 11) is 0. The zero-order valence-corrected chi connectivity index (χ0v) is 12.1. The fourth-order valence-corrected chi connectivity index (χ4v) is 2.95. The van der Waals surface area contributed by atoms with Crippen LogP contribution in [0.25, 0.3) is 0 Å².